The van der Waals surface area contributed by atoms with Crippen LogP contribution in [0.1, 0.15) is 23.1 Å². The predicted molar refractivity (Wildman–Crippen MR) is 105 cm³/mol. The topological polar surface area (TPSA) is 45.6 Å². The summed E-state index contributed by atoms with van der Waals surface area (Å²) in [5.74, 6) is 0.855. The van der Waals surface area contributed by atoms with Crippen LogP contribution < -0.4 is 4.74 Å². The molecule has 1 aliphatic heterocycles. The quantitative estimate of drug-likeness (QED) is 0.727. The summed E-state index contributed by atoms with van der Waals surface area (Å²) in [5.41, 5.74) is 2.49. The number of aliphatic hydroxyl groups is 1. The highest BCUT2D eigenvalue weighted by Crippen LogP contribution is 2.32. The van der Waals surface area contributed by atoms with Crippen LogP contribution in [0.15, 0.2) is 79.1 Å². The lowest BCUT2D eigenvalue weighted by molar-refractivity contribution is 0.0453. The first-order valence-electron chi connectivity index (χ1n) is 9.32. The number of pyridine rings is 1. The Morgan fingerprint density at radius 1 is 1.00 bits per heavy atom. The molecule has 0 aliphatic carbocycles. The zero-order valence-corrected chi connectivity index (χ0v) is 15.3. The maximum Gasteiger partial charge on any atom is 0.120 e. The van der Waals surface area contributed by atoms with Crippen LogP contribution in [0.4, 0.5) is 0 Å². The van der Waals surface area contributed by atoms with E-state index in [0.29, 0.717) is 13.2 Å². The third-order valence-corrected chi connectivity index (χ3v) is 5.07. The summed E-state index contributed by atoms with van der Waals surface area (Å²) in [7, 11) is 0. The third kappa shape index (κ3) is 4.35. The number of nitrogens with zero attached hydrogens (tertiary/aromatic N) is 2. The summed E-state index contributed by atoms with van der Waals surface area (Å²) >= 11 is 0. The van der Waals surface area contributed by atoms with E-state index in [2.05, 4.69) is 22.0 Å². The van der Waals surface area contributed by atoms with Gasteiger partial charge in [-0.15, -0.1) is 0 Å². The number of hydrogen-bond donors (Lipinski definition) is 1. The van der Waals surface area contributed by atoms with Crippen LogP contribution in [0.3, 0.4) is 0 Å². The Balaban J connectivity index is 1.37. The molecule has 4 rings (SSSR count). The van der Waals surface area contributed by atoms with Crippen LogP contribution in [0.25, 0.3) is 0 Å². The van der Waals surface area contributed by atoms with Crippen LogP contribution >= 0.6 is 0 Å². The van der Waals surface area contributed by atoms with Gasteiger partial charge in [-0.2, -0.15) is 0 Å². The smallest absolute Gasteiger partial charge is 0.120 e. The molecule has 0 unspecified atom stereocenters. The predicted octanol–water partition coefficient (Wildman–Crippen LogP) is 3.75. The lowest BCUT2D eigenvalue weighted by Gasteiger charge is -2.24. The van der Waals surface area contributed by atoms with Crippen molar-refractivity contribution in [2.45, 2.75) is 25.2 Å². The molecule has 0 bridgehead atoms. The van der Waals surface area contributed by atoms with E-state index in [4.69, 9.17) is 4.74 Å². The van der Waals surface area contributed by atoms with Gasteiger partial charge in [-0.3, -0.25) is 9.88 Å². The van der Waals surface area contributed by atoms with Gasteiger partial charge in [0.1, 0.15) is 18.0 Å². The molecule has 1 fully saturated rings. The van der Waals surface area contributed by atoms with Gasteiger partial charge in [0.25, 0.3) is 0 Å². The van der Waals surface area contributed by atoms with Crippen molar-refractivity contribution >= 4 is 0 Å². The van der Waals surface area contributed by atoms with Crippen molar-refractivity contribution in [2.24, 2.45) is 0 Å². The molecule has 1 N–H and O–H groups in total. The molecule has 1 aromatic heterocycles. The molecule has 0 amide bonds. The summed E-state index contributed by atoms with van der Waals surface area (Å²) in [6, 6.07) is 22.1. The van der Waals surface area contributed by atoms with Crippen LogP contribution in [-0.2, 0) is 18.8 Å². The number of aromatic nitrogens is 1. The van der Waals surface area contributed by atoms with E-state index in [-0.39, 0.29) is 0 Å². The van der Waals surface area contributed by atoms with Crippen molar-refractivity contribution in [3.63, 3.8) is 0 Å². The Morgan fingerprint density at radius 3 is 2.67 bits per heavy atom. The third-order valence-electron chi connectivity index (χ3n) is 5.07. The summed E-state index contributed by atoms with van der Waals surface area (Å²) in [4.78, 5) is 6.41. The Morgan fingerprint density at radius 2 is 1.85 bits per heavy atom. The Labute approximate surface area is 160 Å². The summed E-state index contributed by atoms with van der Waals surface area (Å²) in [6.45, 7) is 2.85. The molecule has 1 aliphatic rings. The molecule has 0 spiro atoms. The molecule has 1 saturated heterocycles. The highest BCUT2D eigenvalue weighted by Gasteiger charge is 2.37. The fraction of sp³-hybridized carbons (Fsp3) is 0.261. The second-order valence-corrected chi connectivity index (χ2v) is 7.16. The normalized spacial score (nSPS) is 19.9. The van der Waals surface area contributed by atoms with Gasteiger partial charge in [-0.25, -0.2) is 0 Å². The fourth-order valence-electron chi connectivity index (χ4n) is 3.63. The average molecular weight is 360 g/mol. The van der Waals surface area contributed by atoms with Crippen molar-refractivity contribution < 1.29 is 9.84 Å². The van der Waals surface area contributed by atoms with Crippen molar-refractivity contribution in [3.8, 4) is 5.75 Å². The zero-order valence-electron chi connectivity index (χ0n) is 15.3. The van der Waals surface area contributed by atoms with E-state index in [0.717, 1.165) is 36.4 Å². The molecule has 2 heterocycles. The molecule has 4 nitrogen and oxygen atoms in total. The minimum absolute atomic E-state index is 0.509. The van der Waals surface area contributed by atoms with Crippen LogP contribution in [-0.4, -0.2) is 28.1 Å². The Kier molecular flexibility index (Phi) is 5.19. The van der Waals surface area contributed by atoms with E-state index in [1.807, 2.05) is 60.8 Å². The van der Waals surface area contributed by atoms with Crippen molar-refractivity contribution in [3.05, 3.63) is 95.8 Å². The van der Waals surface area contributed by atoms with E-state index in [1.54, 1.807) is 6.20 Å². The molecular formula is C23H24N2O2. The van der Waals surface area contributed by atoms with Gasteiger partial charge in [0, 0.05) is 37.6 Å². The Hall–Kier alpha value is -2.69. The number of benzene rings is 2. The number of ether oxygens (including phenoxy) is 1. The molecule has 0 radical (unpaired) electrons. The van der Waals surface area contributed by atoms with Gasteiger partial charge in [0.2, 0.25) is 0 Å². The monoisotopic (exact) mass is 360 g/mol. The largest absolute Gasteiger partial charge is 0.489 e. The molecule has 2 aromatic carbocycles. The van der Waals surface area contributed by atoms with E-state index < -0.39 is 5.60 Å². The van der Waals surface area contributed by atoms with Crippen LogP contribution in [0, 0.1) is 0 Å². The van der Waals surface area contributed by atoms with Crippen molar-refractivity contribution in [1.82, 2.24) is 9.88 Å². The highest BCUT2D eigenvalue weighted by molar-refractivity contribution is 5.29. The maximum absolute atomic E-state index is 11.0. The van der Waals surface area contributed by atoms with Gasteiger partial charge < -0.3 is 9.84 Å². The van der Waals surface area contributed by atoms with Crippen LogP contribution in [0.2, 0.25) is 0 Å². The number of likely N-dealkylation sites (tertiary alicyclic amines) is 1. The summed E-state index contributed by atoms with van der Waals surface area (Å²) in [5, 5.41) is 11.0. The van der Waals surface area contributed by atoms with Gasteiger partial charge in [-0.1, -0.05) is 48.5 Å². The zero-order chi connectivity index (χ0) is 18.5. The molecule has 1 atom stereocenters. The lowest BCUT2D eigenvalue weighted by Crippen LogP contribution is -2.30. The van der Waals surface area contributed by atoms with E-state index >= 15 is 0 Å². The maximum atomic E-state index is 11.0. The second kappa shape index (κ2) is 7.91. The van der Waals surface area contributed by atoms with Gasteiger partial charge >= 0.3 is 0 Å². The number of hydrogen-bond acceptors (Lipinski definition) is 4. The van der Waals surface area contributed by atoms with E-state index in [9.17, 15) is 5.11 Å². The SMILES string of the molecule is O[C@@]1(c2ccccc2)CCN(Cc2cccc(OCc3cccnc3)c2)C1. The first-order valence-corrected chi connectivity index (χ1v) is 9.32. The van der Waals surface area contributed by atoms with Gasteiger partial charge in [0.05, 0.1) is 0 Å². The highest BCUT2D eigenvalue weighted by atomic mass is 16.5. The molecular weight excluding hydrogens is 336 g/mol. The standard InChI is InChI=1S/C23H24N2O2/c26-23(21-8-2-1-3-9-21)11-13-25(18-23)16-19-6-4-10-22(14-19)27-17-20-7-5-12-24-15-20/h1-10,12,14-15,26H,11,13,16-18H2/t23-/m0/s1. The first-order chi connectivity index (χ1) is 13.2. The summed E-state index contributed by atoms with van der Waals surface area (Å²) in [6.07, 6.45) is 4.34. The molecule has 0 saturated carbocycles. The van der Waals surface area contributed by atoms with Gasteiger partial charge in [0.15, 0.2) is 0 Å². The van der Waals surface area contributed by atoms with Crippen molar-refractivity contribution in [2.75, 3.05) is 13.1 Å². The van der Waals surface area contributed by atoms with Gasteiger partial charge in [-0.05, 0) is 35.7 Å². The first kappa shape index (κ1) is 17.7. The average Bonchev–Trinajstić information content (AvgIpc) is 3.10. The summed E-state index contributed by atoms with van der Waals surface area (Å²) < 4.78 is 5.90. The minimum Gasteiger partial charge on any atom is -0.489 e. The van der Waals surface area contributed by atoms with E-state index in [1.165, 1.54) is 5.56 Å². The molecule has 4 heteroatoms. The fourth-order valence-corrected chi connectivity index (χ4v) is 3.63. The molecule has 138 valence electrons. The van der Waals surface area contributed by atoms with Crippen LogP contribution in [0.5, 0.6) is 5.75 Å². The van der Waals surface area contributed by atoms with Crippen molar-refractivity contribution in [1.29, 1.82) is 0 Å². The lowest BCUT2D eigenvalue weighted by atomic mass is 9.93. The molecule has 3 aromatic rings. The molecule has 27 heavy (non-hydrogen) atoms. The Bertz CT molecular complexity index is 870. The number of rotatable bonds is 6. The number of β-amino-alcohol motifs (C(OH)–C–C–N with tert-alkyl or cyclic N) is 1. The minimum atomic E-state index is -0.754. The second-order valence-electron chi connectivity index (χ2n) is 7.16.